The topological polar surface area (TPSA) is 68.3 Å². The highest BCUT2D eigenvalue weighted by Crippen LogP contribution is 2.19. The van der Waals surface area contributed by atoms with Crippen LogP contribution in [0.15, 0.2) is 60.8 Å². The second-order valence-electron chi connectivity index (χ2n) is 5.34. The first kappa shape index (κ1) is 16.9. The van der Waals surface area contributed by atoms with Crippen LogP contribution in [0.25, 0.3) is 10.8 Å². The Hall–Kier alpha value is -2.92. The Balaban J connectivity index is 1.55. The van der Waals surface area contributed by atoms with E-state index in [0.717, 1.165) is 16.3 Å². The number of benzene rings is 2. The summed E-state index contributed by atoms with van der Waals surface area (Å²) in [5, 5.41) is 4.98. The molecule has 0 saturated carbocycles. The number of hydrogen-bond donors (Lipinski definition) is 1. The minimum Gasteiger partial charge on any atom is -0.459 e. The lowest BCUT2D eigenvalue weighted by atomic mass is 10.1. The molecule has 0 radical (unpaired) electrons. The van der Waals surface area contributed by atoms with Gasteiger partial charge in [-0.05, 0) is 28.5 Å². The monoisotopic (exact) mass is 354 g/mol. The lowest BCUT2D eigenvalue weighted by Crippen LogP contribution is -2.31. The molecule has 1 N–H and O–H groups in total. The zero-order valence-electron chi connectivity index (χ0n) is 13.2. The average molecular weight is 355 g/mol. The van der Waals surface area contributed by atoms with E-state index in [4.69, 9.17) is 16.3 Å². The lowest BCUT2D eigenvalue weighted by molar-refractivity contribution is -0.143. The summed E-state index contributed by atoms with van der Waals surface area (Å²) in [5.74, 6) is -1.01. The molecule has 6 heteroatoms. The van der Waals surface area contributed by atoms with Gasteiger partial charge in [0.15, 0.2) is 0 Å². The van der Waals surface area contributed by atoms with Crippen molar-refractivity contribution in [2.24, 2.45) is 0 Å². The van der Waals surface area contributed by atoms with Gasteiger partial charge in [-0.1, -0.05) is 54.1 Å². The quantitative estimate of drug-likeness (QED) is 0.713. The highest BCUT2D eigenvalue weighted by atomic mass is 35.5. The highest BCUT2D eigenvalue weighted by molar-refractivity contribution is 6.30. The Labute approximate surface area is 149 Å². The Morgan fingerprint density at radius 1 is 1.08 bits per heavy atom. The number of carbonyl (C=O) groups excluding carboxylic acids is 2. The van der Waals surface area contributed by atoms with Crippen molar-refractivity contribution >= 4 is 34.2 Å². The Kier molecular flexibility index (Phi) is 5.26. The molecular weight excluding hydrogens is 340 g/mol. The first-order valence-electron chi connectivity index (χ1n) is 7.65. The van der Waals surface area contributed by atoms with Crippen LogP contribution in [-0.4, -0.2) is 23.4 Å². The van der Waals surface area contributed by atoms with Crippen LogP contribution in [0.2, 0.25) is 5.02 Å². The number of nitrogens with one attached hydrogen (secondary N) is 1. The SMILES string of the molecule is O=C(CNC(=O)c1cc(Cl)ccn1)OCc1cccc2ccccc12. The number of hydrogen-bond acceptors (Lipinski definition) is 4. The highest BCUT2D eigenvalue weighted by Gasteiger charge is 2.11. The largest absolute Gasteiger partial charge is 0.459 e. The van der Waals surface area contributed by atoms with Gasteiger partial charge in [-0.15, -0.1) is 0 Å². The molecule has 1 amide bonds. The number of amides is 1. The molecule has 0 bridgehead atoms. The van der Waals surface area contributed by atoms with Crippen molar-refractivity contribution in [2.75, 3.05) is 6.54 Å². The number of carbonyl (C=O) groups is 2. The van der Waals surface area contributed by atoms with Crippen molar-refractivity contribution in [2.45, 2.75) is 6.61 Å². The average Bonchev–Trinajstić information content (AvgIpc) is 2.64. The molecule has 2 aromatic carbocycles. The van der Waals surface area contributed by atoms with Gasteiger partial charge in [-0.2, -0.15) is 0 Å². The smallest absolute Gasteiger partial charge is 0.325 e. The number of pyridine rings is 1. The van der Waals surface area contributed by atoms with E-state index in [-0.39, 0.29) is 18.8 Å². The fourth-order valence-electron chi connectivity index (χ4n) is 2.40. The summed E-state index contributed by atoms with van der Waals surface area (Å²) in [6.45, 7) is -0.0940. The number of ether oxygens (including phenoxy) is 1. The molecule has 0 unspecified atom stereocenters. The Morgan fingerprint density at radius 2 is 1.88 bits per heavy atom. The predicted molar refractivity (Wildman–Crippen MR) is 95.3 cm³/mol. The van der Waals surface area contributed by atoms with Crippen LogP contribution in [0, 0.1) is 0 Å². The molecule has 3 rings (SSSR count). The molecule has 126 valence electrons. The Morgan fingerprint density at radius 3 is 2.72 bits per heavy atom. The number of halogens is 1. The molecule has 5 nitrogen and oxygen atoms in total. The molecule has 0 atom stereocenters. The molecule has 0 saturated heterocycles. The maximum atomic E-state index is 11.9. The van der Waals surface area contributed by atoms with Gasteiger partial charge in [0.2, 0.25) is 0 Å². The third-order valence-corrected chi connectivity index (χ3v) is 3.85. The first-order chi connectivity index (χ1) is 12.1. The van der Waals surface area contributed by atoms with Crippen LogP contribution >= 0.6 is 11.6 Å². The van der Waals surface area contributed by atoms with E-state index in [9.17, 15) is 9.59 Å². The van der Waals surface area contributed by atoms with Gasteiger partial charge in [0.05, 0.1) is 0 Å². The number of rotatable bonds is 5. The van der Waals surface area contributed by atoms with Gasteiger partial charge in [-0.25, -0.2) is 0 Å². The van der Waals surface area contributed by atoms with Gasteiger partial charge in [0, 0.05) is 11.2 Å². The molecule has 1 aromatic heterocycles. The van der Waals surface area contributed by atoms with Gasteiger partial charge in [-0.3, -0.25) is 14.6 Å². The standard InChI is InChI=1S/C19H15ClN2O3/c20-15-8-9-21-17(10-15)19(24)22-11-18(23)25-12-14-6-3-5-13-4-1-2-7-16(13)14/h1-10H,11-12H2,(H,22,24). The number of esters is 1. The molecular formula is C19H15ClN2O3. The van der Waals surface area contributed by atoms with E-state index < -0.39 is 11.9 Å². The Bertz CT molecular complexity index is 922. The van der Waals surface area contributed by atoms with Gasteiger partial charge < -0.3 is 10.1 Å². The third kappa shape index (κ3) is 4.33. The van der Waals surface area contributed by atoms with E-state index in [1.165, 1.54) is 12.3 Å². The van der Waals surface area contributed by atoms with Gasteiger partial charge in [0.25, 0.3) is 5.91 Å². The second-order valence-corrected chi connectivity index (χ2v) is 5.78. The molecule has 25 heavy (non-hydrogen) atoms. The van der Waals surface area contributed by atoms with Crippen molar-refractivity contribution in [1.82, 2.24) is 10.3 Å². The van der Waals surface area contributed by atoms with Crippen LogP contribution < -0.4 is 5.32 Å². The minimum absolute atomic E-state index is 0.144. The maximum Gasteiger partial charge on any atom is 0.325 e. The predicted octanol–water partition coefficient (Wildman–Crippen LogP) is 3.36. The second kappa shape index (κ2) is 7.77. The van der Waals surface area contributed by atoms with Crippen LogP contribution in [-0.2, 0) is 16.1 Å². The first-order valence-corrected chi connectivity index (χ1v) is 8.03. The summed E-state index contributed by atoms with van der Waals surface area (Å²) in [6, 6.07) is 16.7. The normalized spacial score (nSPS) is 10.4. The van der Waals surface area contributed by atoms with Crippen LogP contribution in [0.5, 0.6) is 0 Å². The van der Waals surface area contributed by atoms with Gasteiger partial charge >= 0.3 is 5.97 Å². The van der Waals surface area contributed by atoms with Crippen LogP contribution in [0.3, 0.4) is 0 Å². The molecule has 0 aliphatic heterocycles. The van der Waals surface area contributed by atoms with Crippen molar-refractivity contribution in [3.63, 3.8) is 0 Å². The number of nitrogens with zero attached hydrogens (tertiary/aromatic N) is 1. The number of fused-ring (bicyclic) bond motifs is 1. The van der Waals surface area contributed by atoms with E-state index >= 15 is 0 Å². The summed E-state index contributed by atoms with van der Waals surface area (Å²) in [4.78, 5) is 27.7. The molecule has 1 heterocycles. The molecule has 0 aliphatic carbocycles. The summed E-state index contributed by atoms with van der Waals surface area (Å²) >= 11 is 5.81. The van der Waals surface area contributed by atoms with Crippen molar-refractivity contribution in [1.29, 1.82) is 0 Å². The van der Waals surface area contributed by atoms with Gasteiger partial charge in [0.1, 0.15) is 18.8 Å². The fraction of sp³-hybridized carbons (Fsp3) is 0.105. The van der Waals surface area contributed by atoms with E-state index in [1.807, 2.05) is 42.5 Å². The van der Waals surface area contributed by atoms with Crippen molar-refractivity contribution < 1.29 is 14.3 Å². The van der Waals surface area contributed by atoms with E-state index in [0.29, 0.717) is 5.02 Å². The molecule has 0 spiro atoms. The van der Waals surface area contributed by atoms with E-state index in [1.54, 1.807) is 6.07 Å². The molecule has 3 aromatic rings. The van der Waals surface area contributed by atoms with Crippen molar-refractivity contribution in [3.05, 3.63) is 77.1 Å². The summed E-state index contributed by atoms with van der Waals surface area (Å²) in [7, 11) is 0. The third-order valence-electron chi connectivity index (χ3n) is 3.62. The zero-order valence-corrected chi connectivity index (χ0v) is 14.0. The van der Waals surface area contributed by atoms with Crippen LogP contribution in [0.4, 0.5) is 0 Å². The number of aromatic nitrogens is 1. The summed E-state index contributed by atoms with van der Waals surface area (Å²) in [5.41, 5.74) is 1.06. The van der Waals surface area contributed by atoms with Crippen LogP contribution in [0.1, 0.15) is 16.1 Å². The zero-order chi connectivity index (χ0) is 17.6. The summed E-state index contributed by atoms with van der Waals surface area (Å²) in [6.07, 6.45) is 1.43. The minimum atomic E-state index is -0.525. The molecule has 0 fully saturated rings. The van der Waals surface area contributed by atoms with E-state index in [2.05, 4.69) is 10.3 Å². The lowest BCUT2D eigenvalue weighted by Gasteiger charge is -2.09. The maximum absolute atomic E-state index is 11.9. The molecule has 0 aliphatic rings. The van der Waals surface area contributed by atoms with Crippen molar-refractivity contribution in [3.8, 4) is 0 Å². The summed E-state index contributed by atoms with van der Waals surface area (Å²) < 4.78 is 5.25. The fourth-order valence-corrected chi connectivity index (χ4v) is 2.56.